The lowest BCUT2D eigenvalue weighted by molar-refractivity contribution is -0.135. The van der Waals surface area contributed by atoms with Crippen molar-refractivity contribution in [1.82, 2.24) is 0 Å². The van der Waals surface area contributed by atoms with Crippen LogP contribution in [0.1, 0.15) is 52.4 Å². The number of carbonyl (C=O) groups excluding carboxylic acids is 1. The summed E-state index contributed by atoms with van der Waals surface area (Å²) in [7, 11) is 0. The van der Waals surface area contributed by atoms with Crippen LogP contribution in [0.3, 0.4) is 0 Å². The minimum absolute atomic E-state index is 0.111. The average Bonchev–Trinajstić information content (AvgIpc) is 2.74. The highest BCUT2D eigenvalue weighted by Gasteiger charge is 2.60. The smallest absolute Gasteiger partial charge is 0.155 e. The molecule has 8 atom stereocenters. The zero-order chi connectivity index (χ0) is 15.6. The van der Waals surface area contributed by atoms with Gasteiger partial charge >= 0.3 is 0 Å². The van der Waals surface area contributed by atoms with Crippen molar-refractivity contribution in [2.75, 3.05) is 0 Å². The highest BCUT2D eigenvalue weighted by atomic mass is 16.3. The van der Waals surface area contributed by atoms with E-state index in [1.807, 2.05) is 6.08 Å². The molecule has 4 rings (SSSR count). The Hall–Kier alpha value is -0.670. The molecule has 3 heteroatoms. The van der Waals surface area contributed by atoms with Gasteiger partial charge in [-0.05, 0) is 73.2 Å². The van der Waals surface area contributed by atoms with Gasteiger partial charge in [0.1, 0.15) is 0 Å². The maximum absolute atomic E-state index is 11.8. The Labute approximate surface area is 132 Å². The molecule has 0 spiro atoms. The molecule has 0 aliphatic heterocycles. The maximum Gasteiger partial charge on any atom is 0.155 e. The van der Waals surface area contributed by atoms with Crippen LogP contribution in [0.15, 0.2) is 11.6 Å². The minimum atomic E-state index is -0.330. The van der Waals surface area contributed by atoms with Crippen molar-refractivity contribution in [3.05, 3.63) is 11.6 Å². The quantitative estimate of drug-likeness (QED) is 0.723. The van der Waals surface area contributed by atoms with Crippen LogP contribution >= 0.6 is 0 Å². The fraction of sp³-hybridized carbons (Fsp3) is 0.842. The molecule has 22 heavy (non-hydrogen) atoms. The van der Waals surface area contributed by atoms with Crippen molar-refractivity contribution >= 4 is 5.78 Å². The fourth-order valence-electron chi connectivity index (χ4n) is 6.61. The summed E-state index contributed by atoms with van der Waals surface area (Å²) >= 11 is 0. The van der Waals surface area contributed by atoms with Crippen LogP contribution in [0.25, 0.3) is 0 Å². The molecule has 0 saturated heterocycles. The van der Waals surface area contributed by atoms with Gasteiger partial charge in [0, 0.05) is 6.42 Å². The van der Waals surface area contributed by atoms with E-state index in [0.717, 1.165) is 32.1 Å². The van der Waals surface area contributed by atoms with Crippen molar-refractivity contribution in [2.45, 2.75) is 64.6 Å². The van der Waals surface area contributed by atoms with E-state index in [1.54, 1.807) is 0 Å². The number of aliphatic hydroxyl groups excluding tert-OH is 2. The van der Waals surface area contributed by atoms with Crippen molar-refractivity contribution < 1.29 is 15.0 Å². The van der Waals surface area contributed by atoms with Gasteiger partial charge in [-0.3, -0.25) is 4.79 Å². The lowest BCUT2D eigenvalue weighted by Gasteiger charge is -2.57. The lowest BCUT2D eigenvalue weighted by Crippen LogP contribution is -2.56. The summed E-state index contributed by atoms with van der Waals surface area (Å²) in [6.45, 7) is 4.48. The van der Waals surface area contributed by atoms with Crippen molar-refractivity contribution in [3.8, 4) is 0 Å². The van der Waals surface area contributed by atoms with Crippen LogP contribution in [0.5, 0.6) is 0 Å². The molecule has 0 radical (unpaired) electrons. The molecular weight excluding hydrogens is 276 g/mol. The van der Waals surface area contributed by atoms with Gasteiger partial charge in [0.05, 0.1) is 12.2 Å². The Morgan fingerprint density at radius 3 is 2.73 bits per heavy atom. The molecule has 0 aromatic carbocycles. The first-order valence-corrected chi connectivity index (χ1v) is 9.01. The molecule has 4 aliphatic carbocycles. The highest BCUT2D eigenvalue weighted by molar-refractivity contribution is 5.91. The summed E-state index contributed by atoms with van der Waals surface area (Å²) in [5.41, 5.74) is 1.19. The second-order valence-corrected chi connectivity index (χ2v) is 8.64. The first-order valence-electron chi connectivity index (χ1n) is 9.01. The number of rotatable bonds is 0. The second kappa shape index (κ2) is 4.91. The number of hydrogen-bond donors (Lipinski definition) is 2. The summed E-state index contributed by atoms with van der Waals surface area (Å²) in [6, 6.07) is 0. The molecule has 0 heterocycles. The molecule has 0 bridgehead atoms. The Kier molecular flexibility index (Phi) is 3.32. The van der Waals surface area contributed by atoms with Gasteiger partial charge in [-0.15, -0.1) is 0 Å². The topological polar surface area (TPSA) is 57.5 Å². The molecule has 122 valence electrons. The lowest BCUT2D eigenvalue weighted by atomic mass is 9.49. The molecule has 2 N–H and O–H groups in total. The van der Waals surface area contributed by atoms with Gasteiger partial charge < -0.3 is 10.2 Å². The molecule has 0 amide bonds. The summed E-state index contributed by atoms with van der Waals surface area (Å²) in [6.07, 6.45) is 6.57. The Bertz CT molecular complexity index is 525. The number of ketones is 1. The van der Waals surface area contributed by atoms with Crippen LogP contribution in [0.2, 0.25) is 0 Å². The van der Waals surface area contributed by atoms with Crippen LogP contribution in [0, 0.1) is 35.0 Å². The van der Waals surface area contributed by atoms with Gasteiger partial charge in [0.15, 0.2) is 5.78 Å². The van der Waals surface area contributed by atoms with E-state index in [-0.39, 0.29) is 23.4 Å². The van der Waals surface area contributed by atoms with E-state index in [2.05, 4.69) is 13.8 Å². The van der Waals surface area contributed by atoms with Gasteiger partial charge in [0.25, 0.3) is 0 Å². The van der Waals surface area contributed by atoms with Gasteiger partial charge in [-0.1, -0.05) is 19.4 Å². The number of aliphatic hydroxyl groups is 2. The van der Waals surface area contributed by atoms with E-state index < -0.39 is 0 Å². The van der Waals surface area contributed by atoms with Crippen LogP contribution in [-0.2, 0) is 4.79 Å². The highest BCUT2D eigenvalue weighted by Crippen LogP contribution is 2.63. The number of allylic oxidation sites excluding steroid dienone is 1. The van der Waals surface area contributed by atoms with Crippen LogP contribution in [-0.4, -0.2) is 28.2 Å². The largest absolute Gasteiger partial charge is 0.393 e. The van der Waals surface area contributed by atoms with E-state index in [0.29, 0.717) is 36.0 Å². The third-order valence-corrected chi connectivity index (χ3v) is 7.57. The van der Waals surface area contributed by atoms with Gasteiger partial charge in [0.2, 0.25) is 0 Å². The average molecular weight is 304 g/mol. The van der Waals surface area contributed by atoms with Crippen molar-refractivity contribution in [3.63, 3.8) is 0 Å². The predicted molar refractivity (Wildman–Crippen MR) is 84.0 cm³/mol. The fourth-order valence-corrected chi connectivity index (χ4v) is 6.61. The predicted octanol–water partition coefficient (Wildman–Crippen LogP) is 2.71. The summed E-state index contributed by atoms with van der Waals surface area (Å²) in [5.74, 6) is 2.50. The monoisotopic (exact) mass is 304 g/mol. The number of carbonyl (C=O) groups is 1. The molecule has 0 aromatic rings. The molecule has 3 saturated carbocycles. The molecule has 3 unspecified atom stereocenters. The first kappa shape index (κ1) is 14.9. The van der Waals surface area contributed by atoms with Crippen LogP contribution < -0.4 is 0 Å². The molecule has 3 nitrogen and oxygen atoms in total. The third kappa shape index (κ3) is 1.91. The molecule has 0 aromatic heterocycles. The van der Waals surface area contributed by atoms with Crippen molar-refractivity contribution in [1.29, 1.82) is 0 Å². The zero-order valence-corrected chi connectivity index (χ0v) is 13.7. The van der Waals surface area contributed by atoms with E-state index >= 15 is 0 Å². The zero-order valence-electron chi connectivity index (χ0n) is 13.7. The molecular formula is C19H28O3. The third-order valence-electron chi connectivity index (χ3n) is 7.57. The maximum atomic E-state index is 11.8. The van der Waals surface area contributed by atoms with E-state index in [9.17, 15) is 15.0 Å². The SMILES string of the molecule is C[C@@H]1CC2=CC(=O)CC[C@@H]2C2C1C1CC[C@H](O)[C@@]1(C)C[C@H]2O. The Morgan fingerprint density at radius 2 is 1.95 bits per heavy atom. The van der Waals surface area contributed by atoms with Crippen LogP contribution in [0.4, 0.5) is 0 Å². The number of fused-ring (bicyclic) bond motifs is 5. The first-order chi connectivity index (χ1) is 10.4. The second-order valence-electron chi connectivity index (χ2n) is 8.64. The Morgan fingerprint density at radius 1 is 1.18 bits per heavy atom. The van der Waals surface area contributed by atoms with E-state index in [1.165, 1.54) is 5.57 Å². The number of hydrogen-bond acceptors (Lipinski definition) is 3. The summed E-state index contributed by atoms with van der Waals surface area (Å²) in [5, 5.41) is 21.4. The normalized spacial score (nSPS) is 54.3. The standard InChI is InChI=1S/C19H28O3/c1-10-7-11-8-12(20)3-4-13(11)18-15(21)9-19(2)14(17(10)18)5-6-16(19)22/h8,10,13-18,21-22H,3-7,9H2,1-2H3/t10-,13+,14?,15-,16+,17?,18?,19+/m1/s1. The minimum Gasteiger partial charge on any atom is -0.393 e. The Balaban J connectivity index is 1.73. The molecule has 3 fully saturated rings. The summed E-state index contributed by atoms with van der Waals surface area (Å²) < 4.78 is 0. The van der Waals surface area contributed by atoms with Crippen molar-refractivity contribution in [2.24, 2.45) is 35.0 Å². The van der Waals surface area contributed by atoms with E-state index in [4.69, 9.17) is 0 Å². The molecule has 4 aliphatic rings. The summed E-state index contributed by atoms with van der Waals surface area (Å²) in [4.78, 5) is 11.8. The van der Waals surface area contributed by atoms with Gasteiger partial charge in [-0.2, -0.15) is 0 Å². The van der Waals surface area contributed by atoms with Gasteiger partial charge in [-0.25, -0.2) is 0 Å².